The summed E-state index contributed by atoms with van der Waals surface area (Å²) >= 11 is 0. The first-order chi connectivity index (χ1) is 23.9. The van der Waals surface area contributed by atoms with Gasteiger partial charge in [0.05, 0.1) is 25.9 Å². The van der Waals surface area contributed by atoms with E-state index in [0.29, 0.717) is 31.9 Å². The summed E-state index contributed by atoms with van der Waals surface area (Å²) < 4.78 is 56.8. The molecule has 1 amide bonds. The number of hydrogen-bond donors (Lipinski definition) is 2. The van der Waals surface area contributed by atoms with Gasteiger partial charge in [0.1, 0.15) is 23.5 Å². The van der Waals surface area contributed by atoms with Gasteiger partial charge in [-0.15, -0.1) is 0 Å². The van der Waals surface area contributed by atoms with Crippen LogP contribution in [0.2, 0.25) is 0 Å². The normalized spacial score (nSPS) is 22.2. The van der Waals surface area contributed by atoms with E-state index < -0.39 is 59.9 Å². The Bertz CT molecular complexity index is 1910. The quantitative estimate of drug-likeness (QED) is 0.266. The number of halogens is 3. The zero-order valence-corrected chi connectivity index (χ0v) is 27.6. The number of methoxy groups -OCH3 is 1. The first kappa shape index (κ1) is 34.8. The van der Waals surface area contributed by atoms with Gasteiger partial charge in [0, 0.05) is 50.2 Å². The lowest BCUT2D eigenvalue weighted by molar-refractivity contribution is -0.223. The maximum absolute atomic E-state index is 15.9. The van der Waals surface area contributed by atoms with Gasteiger partial charge in [0.15, 0.2) is 17.3 Å². The molecule has 0 spiro atoms. The van der Waals surface area contributed by atoms with Gasteiger partial charge in [0.25, 0.3) is 11.5 Å². The van der Waals surface area contributed by atoms with Crippen LogP contribution in [0.5, 0.6) is 17.4 Å². The van der Waals surface area contributed by atoms with Crippen LogP contribution in [0.3, 0.4) is 0 Å². The fraction of sp³-hybridized carbons (Fsp3) is 0.400. The summed E-state index contributed by atoms with van der Waals surface area (Å²) in [7, 11) is 1.27. The number of nitrogens with zero attached hydrogens (tertiary/aromatic N) is 6. The van der Waals surface area contributed by atoms with Gasteiger partial charge in [-0.2, -0.15) is 0 Å². The number of likely N-dealkylation sites (tertiary alicyclic amines) is 2. The second-order valence-electron chi connectivity index (χ2n) is 12.8. The molecule has 2 aliphatic rings. The molecule has 50 heavy (non-hydrogen) atoms. The van der Waals surface area contributed by atoms with Crippen LogP contribution in [0.4, 0.5) is 18.9 Å². The molecule has 2 saturated heterocycles. The lowest BCUT2D eigenvalue weighted by atomic mass is 9.78. The number of hydrogen-bond acceptors (Lipinski definition) is 10. The summed E-state index contributed by atoms with van der Waals surface area (Å²) in [6, 6.07) is 15.0. The molecule has 3 atom stereocenters. The topological polar surface area (TPSA) is 149 Å². The van der Waals surface area contributed by atoms with Crippen molar-refractivity contribution in [3.05, 3.63) is 100 Å². The van der Waals surface area contributed by atoms with Crippen LogP contribution < -0.4 is 20.8 Å². The summed E-state index contributed by atoms with van der Waals surface area (Å²) in [5, 5.41) is 11.3. The van der Waals surface area contributed by atoms with Gasteiger partial charge in [-0.05, 0) is 43.7 Å². The second-order valence-corrected chi connectivity index (χ2v) is 12.8. The van der Waals surface area contributed by atoms with Gasteiger partial charge in [-0.1, -0.05) is 30.3 Å². The molecule has 4 aromatic rings. The lowest BCUT2D eigenvalue weighted by Gasteiger charge is -2.46. The van der Waals surface area contributed by atoms with Crippen LogP contribution in [0.15, 0.2) is 71.9 Å². The summed E-state index contributed by atoms with van der Waals surface area (Å²) in [6.45, 7) is 1.51. The summed E-state index contributed by atoms with van der Waals surface area (Å²) in [5.74, 6) is -5.32. The molecule has 3 N–H and O–H groups in total. The number of piperidine rings is 2. The number of ether oxygens (including phenoxy) is 2. The van der Waals surface area contributed by atoms with Crippen molar-refractivity contribution < 1.29 is 32.5 Å². The van der Waals surface area contributed by atoms with Crippen molar-refractivity contribution in [3.8, 4) is 17.4 Å². The van der Waals surface area contributed by atoms with E-state index in [0.717, 1.165) is 33.1 Å². The summed E-state index contributed by atoms with van der Waals surface area (Å²) in [5.41, 5.74) is 3.66. The van der Waals surface area contributed by atoms with Crippen LogP contribution in [0, 0.1) is 18.7 Å². The fourth-order valence-electron chi connectivity index (χ4n) is 6.69. The van der Waals surface area contributed by atoms with E-state index >= 15 is 8.78 Å². The van der Waals surface area contributed by atoms with E-state index in [-0.39, 0.29) is 29.8 Å². The standard InChI is InChI=1S/C35H38F3N7O5/c1-22-40-13-10-24(42-22)17-43-14-11-26(27(18-43)23-6-4-3-5-7-23)32(46)44-15-12-34(48,35(37,38)20-44)19-45-21-41-31(30(39)33(45)47)50-25-8-9-28(36)29(16-25)49-2/h3-10,13,16,21,26-27,48H,11-12,14-15,17-20,39H2,1-2H3/t26-,27+,34+/m1/s1. The van der Waals surface area contributed by atoms with Crippen molar-refractivity contribution >= 4 is 11.6 Å². The highest BCUT2D eigenvalue weighted by Gasteiger charge is 2.57. The van der Waals surface area contributed by atoms with Crippen LogP contribution >= 0.6 is 0 Å². The van der Waals surface area contributed by atoms with Gasteiger partial charge < -0.3 is 25.2 Å². The molecule has 6 rings (SSSR count). The molecule has 0 aliphatic carbocycles. The first-order valence-electron chi connectivity index (χ1n) is 16.2. The molecule has 0 unspecified atom stereocenters. The highest BCUT2D eigenvalue weighted by atomic mass is 19.3. The SMILES string of the molecule is COc1cc(Oc2ncn(C[C@@]3(O)CCN(C(=O)[C@@H]4CCN(Cc5ccnc(C)n5)C[C@H]4c4ccccc4)CC3(F)F)c(=O)c2N)ccc1F. The molecule has 264 valence electrons. The summed E-state index contributed by atoms with van der Waals surface area (Å²) in [6.07, 6.45) is 2.61. The number of amides is 1. The number of rotatable bonds is 9. The molecular weight excluding hydrogens is 655 g/mol. The average molecular weight is 694 g/mol. The predicted octanol–water partition coefficient (Wildman–Crippen LogP) is 3.77. The molecule has 2 fully saturated rings. The molecule has 12 nitrogen and oxygen atoms in total. The number of carbonyl (C=O) groups excluding carboxylic acids is 1. The Hall–Kier alpha value is -5.02. The van der Waals surface area contributed by atoms with Gasteiger partial charge in [-0.3, -0.25) is 19.1 Å². The Morgan fingerprint density at radius 3 is 2.62 bits per heavy atom. The monoisotopic (exact) mass is 693 g/mol. The minimum Gasteiger partial charge on any atom is -0.494 e. The largest absolute Gasteiger partial charge is 0.494 e. The molecule has 0 saturated carbocycles. The average Bonchev–Trinajstić information content (AvgIpc) is 3.10. The van der Waals surface area contributed by atoms with Crippen molar-refractivity contribution in [3.63, 3.8) is 0 Å². The van der Waals surface area contributed by atoms with E-state index in [1.54, 1.807) is 6.20 Å². The minimum absolute atomic E-state index is 0.0721. The Kier molecular flexibility index (Phi) is 9.80. The Morgan fingerprint density at radius 1 is 1.12 bits per heavy atom. The highest BCUT2D eigenvalue weighted by molar-refractivity contribution is 5.80. The van der Waals surface area contributed by atoms with Crippen LogP contribution in [0.1, 0.15) is 35.8 Å². The third-order valence-electron chi connectivity index (χ3n) is 9.44. The van der Waals surface area contributed by atoms with Crippen LogP contribution in [0.25, 0.3) is 0 Å². The minimum atomic E-state index is -3.78. The van der Waals surface area contributed by atoms with Crippen molar-refractivity contribution in [1.29, 1.82) is 0 Å². The molecule has 0 radical (unpaired) electrons. The van der Waals surface area contributed by atoms with Gasteiger partial charge in [0.2, 0.25) is 11.8 Å². The Morgan fingerprint density at radius 2 is 1.90 bits per heavy atom. The first-order valence-corrected chi connectivity index (χ1v) is 16.2. The molecule has 2 aromatic carbocycles. The second kappa shape index (κ2) is 14.1. The van der Waals surface area contributed by atoms with E-state index in [1.165, 1.54) is 19.2 Å². The zero-order chi connectivity index (χ0) is 35.6. The van der Waals surface area contributed by atoms with Crippen molar-refractivity contribution in [2.75, 3.05) is 39.0 Å². The fourth-order valence-corrected chi connectivity index (χ4v) is 6.69. The van der Waals surface area contributed by atoms with Crippen molar-refractivity contribution in [2.24, 2.45) is 5.92 Å². The lowest BCUT2D eigenvalue weighted by Crippen LogP contribution is -2.64. The zero-order valence-electron chi connectivity index (χ0n) is 27.6. The van der Waals surface area contributed by atoms with E-state index in [2.05, 4.69) is 19.9 Å². The molecule has 4 heterocycles. The highest BCUT2D eigenvalue weighted by Crippen LogP contribution is 2.41. The Labute approximate surface area is 286 Å². The molecule has 0 bridgehead atoms. The Balaban J connectivity index is 1.15. The number of aliphatic hydroxyl groups is 1. The number of carbonyl (C=O) groups is 1. The van der Waals surface area contributed by atoms with E-state index in [1.807, 2.05) is 43.3 Å². The molecule has 15 heteroatoms. The van der Waals surface area contributed by atoms with Crippen molar-refractivity contribution in [2.45, 2.75) is 50.3 Å². The number of nitrogens with two attached hydrogens (primary N) is 1. The third-order valence-corrected chi connectivity index (χ3v) is 9.44. The van der Waals surface area contributed by atoms with E-state index in [9.17, 15) is 19.1 Å². The molecular formula is C35H38F3N7O5. The van der Waals surface area contributed by atoms with Gasteiger partial charge >= 0.3 is 0 Å². The van der Waals surface area contributed by atoms with E-state index in [4.69, 9.17) is 15.2 Å². The maximum Gasteiger partial charge on any atom is 0.295 e. The van der Waals surface area contributed by atoms with Crippen LogP contribution in [-0.2, 0) is 17.9 Å². The maximum atomic E-state index is 15.9. The third kappa shape index (κ3) is 7.14. The molecule has 2 aromatic heterocycles. The van der Waals surface area contributed by atoms with Crippen LogP contribution in [-0.4, -0.2) is 85.1 Å². The number of benzene rings is 2. The smallest absolute Gasteiger partial charge is 0.295 e. The number of anilines is 1. The van der Waals surface area contributed by atoms with Gasteiger partial charge in [-0.25, -0.2) is 28.1 Å². The number of alkyl halides is 2. The predicted molar refractivity (Wildman–Crippen MR) is 176 cm³/mol. The van der Waals surface area contributed by atoms with Crippen molar-refractivity contribution in [1.82, 2.24) is 29.3 Å². The molecule has 2 aliphatic heterocycles. The number of aryl methyl sites for hydroxylation is 1. The summed E-state index contributed by atoms with van der Waals surface area (Å²) in [4.78, 5) is 43.1. The number of aromatic nitrogens is 4. The number of nitrogen functional groups attached to an aromatic ring is 1.